The summed E-state index contributed by atoms with van der Waals surface area (Å²) in [4.78, 5) is 62.0. The molecular weight excluding hydrogens is 895 g/mol. The van der Waals surface area contributed by atoms with E-state index in [4.69, 9.17) is 20.7 Å². The number of aromatic nitrogens is 8. The predicted molar refractivity (Wildman–Crippen MR) is 275 cm³/mol. The molecule has 68 heavy (non-hydrogen) atoms. The highest BCUT2D eigenvalue weighted by Crippen LogP contribution is 2.30. The molecule has 0 unspecified atom stereocenters. The van der Waals surface area contributed by atoms with Crippen LogP contribution in [-0.2, 0) is 6.42 Å². The molecule has 2 fully saturated rings. The molecule has 0 bridgehead atoms. The van der Waals surface area contributed by atoms with Gasteiger partial charge in [0.15, 0.2) is 22.2 Å². The number of Topliss-reactive ketones (excluding diaryl/α,β-unsaturated/α-hetero) is 1. The number of ketones is 1. The molecule has 0 radical (unpaired) electrons. The summed E-state index contributed by atoms with van der Waals surface area (Å²) in [5, 5.41) is 16.6. The molecule has 2 aliphatic rings. The minimum absolute atomic E-state index is 0. The molecule has 0 aliphatic carbocycles. The largest absolute Gasteiger partial charge is 0.478 e. The number of rotatable bonds is 6. The molecule has 12 rings (SSSR count). The first kappa shape index (κ1) is 46.0. The fraction of sp³-hybridized carbons (Fsp3) is 0.280. The van der Waals surface area contributed by atoms with E-state index in [1.54, 1.807) is 18.5 Å². The van der Waals surface area contributed by atoms with E-state index in [1.165, 1.54) is 22.7 Å². The number of nitrogens with two attached hydrogens (primary N) is 1. The number of hydrogen-bond acceptors (Lipinski definition) is 15. The Kier molecular flexibility index (Phi) is 13.5. The van der Waals surface area contributed by atoms with Crippen LogP contribution in [0.2, 0.25) is 0 Å². The van der Waals surface area contributed by atoms with Gasteiger partial charge in [-0.3, -0.25) is 13.6 Å². The van der Waals surface area contributed by atoms with Gasteiger partial charge in [0, 0.05) is 73.2 Å². The lowest BCUT2D eigenvalue weighted by atomic mass is 10.1. The molecule has 10 heterocycles. The number of likely N-dealkylation sites (N-methyl/N-ethyl adjacent to an activating group) is 2. The van der Waals surface area contributed by atoms with Crippen molar-refractivity contribution in [1.82, 2.24) is 48.5 Å². The molecule has 3 N–H and O–H groups in total. The third-order valence-corrected chi connectivity index (χ3v) is 13.7. The molecule has 16 nitrogen and oxygen atoms in total. The summed E-state index contributed by atoms with van der Waals surface area (Å²) < 4.78 is 3.93. The third-order valence-electron chi connectivity index (χ3n) is 12.3. The number of imidazole rings is 2. The zero-order valence-electron chi connectivity index (χ0n) is 37.2. The Morgan fingerprint density at radius 2 is 1.12 bits per heavy atom. The predicted octanol–water partition coefficient (Wildman–Crippen LogP) is 8.30. The van der Waals surface area contributed by atoms with E-state index in [9.17, 15) is 14.7 Å². The van der Waals surface area contributed by atoms with E-state index in [2.05, 4.69) is 60.8 Å². The van der Waals surface area contributed by atoms with E-state index >= 15 is 0 Å². The summed E-state index contributed by atoms with van der Waals surface area (Å²) >= 11 is 2.94. The number of pyridine rings is 4. The molecule has 2 aliphatic heterocycles. The summed E-state index contributed by atoms with van der Waals surface area (Å²) in [6, 6.07) is 27.4. The number of anilines is 3. The van der Waals surface area contributed by atoms with E-state index < -0.39 is 5.97 Å². The van der Waals surface area contributed by atoms with Crippen molar-refractivity contribution in [3.8, 4) is 0 Å². The van der Waals surface area contributed by atoms with Crippen molar-refractivity contribution in [2.45, 2.75) is 26.7 Å². The first-order valence-electron chi connectivity index (χ1n) is 22.3. The van der Waals surface area contributed by atoms with Gasteiger partial charge in [0.05, 0.1) is 34.1 Å². The fourth-order valence-electron chi connectivity index (χ4n) is 8.84. The molecule has 0 spiro atoms. The number of thiazole rings is 2. The maximum absolute atomic E-state index is 13.3. The fourth-order valence-corrected chi connectivity index (χ4v) is 9.84. The van der Waals surface area contributed by atoms with E-state index in [0.717, 1.165) is 126 Å². The van der Waals surface area contributed by atoms with Crippen LogP contribution in [-0.4, -0.2) is 132 Å². The monoisotopic (exact) mass is 947 g/mol. The number of carbonyl (C=O) groups excluding carboxylic acids is 1. The number of benzene rings is 2. The molecule has 2 saturated heterocycles. The van der Waals surface area contributed by atoms with Crippen LogP contribution in [0.4, 0.5) is 16.8 Å². The van der Waals surface area contributed by atoms with Gasteiger partial charge < -0.3 is 30.4 Å². The summed E-state index contributed by atoms with van der Waals surface area (Å²) in [6.45, 7) is 8.04. The average molecular weight is 948 g/mol. The molecule has 2 aromatic carbocycles. The van der Waals surface area contributed by atoms with Gasteiger partial charge in [0.25, 0.3) is 0 Å². The number of nitrogen functional groups attached to an aromatic ring is 1. The lowest BCUT2D eigenvalue weighted by Gasteiger charge is -2.22. The van der Waals surface area contributed by atoms with Gasteiger partial charge in [-0.25, -0.2) is 34.7 Å². The Labute approximate surface area is 401 Å². The SMILES string of the molecule is C.CN1CCCN(c2ccc3cc(C(=O)Cc4nccs4)c4nc5ccccc5n4c3n2)CC1.CN1CCCN(c2ccc3cc(C(=O)O)c4nc5ccccc5n4c3n2)CC1.Nc1nccs1. The van der Waals surface area contributed by atoms with Crippen LogP contribution in [0.15, 0.2) is 108 Å². The zero-order chi connectivity index (χ0) is 46.0. The molecule has 0 amide bonds. The number of hydrogen-bond donors (Lipinski definition) is 2. The second kappa shape index (κ2) is 20.0. The van der Waals surface area contributed by atoms with Crippen molar-refractivity contribution in [3.05, 3.63) is 124 Å². The number of aromatic carboxylic acids is 1. The third kappa shape index (κ3) is 9.40. The Morgan fingerprint density at radius 1 is 0.603 bits per heavy atom. The van der Waals surface area contributed by atoms with Gasteiger partial charge in [-0.05, 0) is 101 Å². The number of fused-ring (bicyclic) bond motifs is 10. The number of carbonyl (C=O) groups is 2. The minimum atomic E-state index is -0.984. The van der Waals surface area contributed by atoms with Crippen molar-refractivity contribution in [3.63, 3.8) is 0 Å². The van der Waals surface area contributed by atoms with E-state index in [-0.39, 0.29) is 25.2 Å². The van der Waals surface area contributed by atoms with Crippen molar-refractivity contribution in [2.24, 2.45) is 0 Å². The Bertz CT molecular complexity index is 3390. The molecule has 10 aromatic rings. The topological polar surface area (TPSA) is 180 Å². The smallest absolute Gasteiger partial charge is 0.339 e. The summed E-state index contributed by atoms with van der Waals surface area (Å²) in [6.07, 6.45) is 5.90. The van der Waals surface area contributed by atoms with Crippen molar-refractivity contribution >= 4 is 107 Å². The van der Waals surface area contributed by atoms with Crippen LogP contribution >= 0.6 is 22.7 Å². The van der Waals surface area contributed by atoms with Crippen molar-refractivity contribution in [2.75, 3.05) is 82.0 Å². The summed E-state index contributed by atoms with van der Waals surface area (Å²) in [5.74, 6) is 0.928. The molecule has 0 atom stereocenters. The maximum Gasteiger partial charge on any atom is 0.339 e. The highest BCUT2D eigenvalue weighted by atomic mass is 32.1. The van der Waals surface area contributed by atoms with Crippen LogP contribution < -0.4 is 15.5 Å². The molecule has 18 heteroatoms. The van der Waals surface area contributed by atoms with E-state index in [0.29, 0.717) is 22.0 Å². The molecular formula is C50H53N13O3S2. The summed E-state index contributed by atoms with van der Waals surface area (Å²) in [7, 11) is 4.31. The molecule has 8 aromatic heterocycles. The number of para-hydroxylation sites is 4. The number of carboxylic acids is 1. The first-order valence-corrected chi connectivity index (χ1v) is 24.0. The molecule has 348 valence electrons. The van der Waals surface area contributed by atoms with E-state index in [1.807, 2.05) is 86.3 Å². The van der Waals surface area contributed by atoms with Gasteiger partial charge in [-0.1, -0.05) is 31.7 Å². The van der Waals surface area contributed by atoms with Crippen LogP contribution in [0.5, 0.6) is 0 Å². The van der Waals surface area contributed by atoms with Crippen LogP contribution in [0.25, 0.3) is 55.4 Å². The van der Waals surface area contributed by atoms with Crippen LogP contribution in [0.3, 0.4) is 0 Å². The normalized spacial score (nSPS) is 14.9. The second-order valence-corrected chi connectivity index (χ2v) is 18.7. The number of carboxylic acid groups (broad SMARTS) is 1. The maximum atomic E-state index is 13.3. The minimum Gasteiger partial charge on any atom is -0.478 e. The quantitative estimate of drug-likeness (QED) is 0.152. The van der Waals surface area contributed by atoms with Gasteiger partial charge >= 0.3 is 5.97 Å². The average Bonchev–Trinajstić information content (AvgIpc) is 4.14. The van der Waals surface area contributed by atoms with Gasteiger partial charge in [0.1, 0.15) is 33.5 Å². The second-order valence-electron chi connectivity index (χ2n) is 16.8. The van der Waals surface area contributed by atoms with Crippen molar-refractivity contribution in [1.29, 1.82) is 0 Å². The van der Waals surface area contributed by atoms with Gasteiger partial charge in [0.2, 0.25) is 0 Å². The lowest BCUT2D eigenvalue weighted by Crippen LogP contribution is -2.29. The molecule has 0 saturated carbocycles. The van der Waals surface area contributed by atoms with Gasteiger partial charge in [-0.2, -0.15) is 0 Å². The number of nitrogens with zero attached hydrogens (tertiary/aromatic N) is 12. The Balaban J connectivity index is 0.000000151. The highest BCUT2D eigenvalue weighted by Gasteiger charge is 2.23. The first-order chi connectivity index (χ1) is 32.7. The highest BCUT2D eigenvalue weighted by molar-refractivity contribution is 7.13. The lowest BCUT2D eigenvalue weighted by molar-refractivity contribution is 0.0698. The van der Waals surface area contributed by atoms with Gasteiger partial charge in [-0.15, -0.1) is 22.7 Å². The van der Waals surface area contributed by atoms with Crippen LogP contribution in [0.1, 0.15) is 46.0 Å². The Hall–Kier alpha value is -7.12. The standard InChI is InChI=1S/C25H24N6OS.C21H21N5O2.C3H4N2S.CH4/c1-29-10-4-11-30(13-12-29)22-8-7-17-15-18(21(32)16-23-26-9-14-33-23)25-27-19-5-2-3-6-20(19)31(25)24(17)28-22;1-24-9-4-10-25(12-11-24)18-8-7-14-13-15(21(27)28)20-22-16-5-2-3-6-17(16)26(20)19(14)23-18;4-3-5-1-2-6-3;/h2-3,5-9,14-15H,4,10-13,16H2,1H3;2-3,5-8,13H,4,9-12H2,1H3,(H,27,28);1-2H,(H2,4,5);1H4. The Morgan fingerprint density at radius 3 is 1.60 bits per heavy atom. The van der Waals surface area contributed by atoms with Crippen molar-refractivity contribution < 1.29 is 14.7 Å². The van der Waals surface area contributed by atoms with Crippen LogP contribution in [0, 0.1) is 0 Å². The zero-order valence-corrected chi connectivity index (χ0v) is 38.8. The summed E-state index contributed by atoms with van der Waals surface area (Å²) in [5.41, 5.74) is 12.1.